The van der Waals surface area contributed by atoms with Crippen molar-refractivity contribution in [3.05, 3.63) is 53.6 Å². The Morgan fingerprint density at radius 3 is 2.53 bits per heavy atom. The summed E-state index contributed by atoms with van der Waals surface area (Å²) in [6.07, 6.45) is 0. The van der Waals surface area contributed by atoms with Gasteiger partial charge >= 0.3 is 0 Å². The van der Waals surface area contributed by atoms with Crippen LogP contribution < -0.4 is 11.5 Å². The number of benzene rings is 2. The summed E-state index contributed by atoms with van der Waals surface area (Å²) in [6.45, 7) is 2.18. The fourth-order valence-electron chi connectivity index (χ4n) is 2.33. The van der Waals surface area contributed by atoms with Crippen LogP contribution in [0.4, 0.5) is 10.8 Å². The molecule has 4 heteroatoms. The van der Waals surface area contributed by atoms with E-state index in [0.717, 1.165) is 15.9 Å². The maximum Gasteiger partial charge on any atom is 0.181 e. The first-order chi connectivity index (χ1) is 9.16. The molecule has 1 aromatic heterocycles. The number of anilines is 2. The Morgan fingerprint density at radius 2 is 1.79 bits per heavy atom. The second kappa shape index (κ2) is 4.55. The van der Waals surface area contributed by atoms with Gasteiger partial charge in [0.2, 0.25) is 0 Å². The summed E-state index contributed by atoms with van der Waals surface area (Å²) in [5, 5.41) is 0.564. The van der Waals surface area contributed by atoms with Crippen molar-refractivity contribution in [2.24, 2.45) is 0 Å². The lowest BCUT2D eigenvalue weighted by Crippen LogP contribution is -1.98. The molecule has 1 heterocycles. The van der Waals surface area contributed by atoms with Crippen molar-refractivity contribution in [3.63, 3.8) is 0 Å². The summed E-state index contributed by atoms with van der Waals surface area (Å²) >= 11 is 1.45. The van der Waals surface area contributed by atoms with Crippen molar-refractivity contribution in [3.8, 4) is 0 Å². The van der Waals surface area contributed by atoms with Gasteiger partial charge in [-0.05, 0) is 17.2 Å². The number of hydrogen-bond acceptors (Lipinski definition) is 4. The zero-order valence-electron chi connectivity index (χ0n) is 10.6. The van der Waals surface area contributed by atoms with E-state index in [1.807, 2.05) is 12.1 Å². The minimum absolute atomic E-state index is 0.269. The number of thiazole rings is 1. The highest BCUT2D eigenvalue weighted by Gasteiger charge is 2.15. The van der Waals surface area contributed by atoms with E-state index in [9.17, 15) is 0 Å². The van der Waals surface area contributed by atoms with Crippen molar-refractivity contribution < 1.29 is 0 Å². The molecule has 0 radical (unpaired) electrons. The van der Waals surface area contributed by atoms with Crippen LogP contribution in [0.25, 0.3) is 10.2 Å². The van der Waals surface area contributed by atoms with Crippen LogP contribution in [-0.4, -0.2) is 4.98 Å². The maximum atomic E-state index is 5.99. The lowest BCUT2D eigenvalue weighted by molar-refractivity contribution is 0.930. The molecule has 0 saturated carbocycles. The Hall–Kier alpha value is -2.07. The Labute approximate surface area is 115 Å². The van der Waals surface area contributed by atoms with Crippen LogP contribution in [0.2, 0.25) is 0 Å². The number of rotatable bonds is 2. The zero-order chi connectivity index (χ0) is 13.4. The number of nitrogens with zero attached hydrogens (tertiary/aromatic N) is 1. The van der Waals surface area contributed by atoms with Crippen LogP contribution in [0.3, 0.4) is 0 Å². The molecule has 0 amide bonds. The van der Waals surface area contributed by atoms with E-state index in [-0.39, 0.29) is 5.92 Å². The number of fused-ring (bicyclic) bond motifs is 1. The molecular formula is C15H15N3S. The highest BCUT2D eigenvalue weighted by atomic mass is 32.1. The summed E-state index contributed by atoms with van der Waals surface area (Å²) < 4.78 is 0.984. The van der Waals surface area contributed by atoms with Gasteiger partial charge in [0.05, 0.1) is 15.9 Å². The molecule has 4 N–H and O–H groups in total. The molecule has 0 aliphatic heterocycles. The molecule has 0 spiro atoms. The monoisotopic (exact) mass is 269 g/mol. The molecule has 19 heavy (non-hydrogen) atoms. The third kappa shape index (κ3) is 2.04. The fraction of sp³-hybridized carbons (Fsp3) is 0.133. The third-order valence-electron chi connectivity index (χ3n) is 3.39. The largest absolute Gasteiger partial charge is 0.398 e. The van der Waals surface area contributed by atoms with Crippen molar-refractivity contribution in [2.45, 2.75) is 12.8 Å². The molecule has 0 aliphatic rings. The summed E-state index contributed by atoms with van der Waals surface area (Å²) in [7, 11) is 0. The Bertz CT molecular complexity index is 719. The Balaban J connectivity index is 2.18. The number of hydrogen-bond donors (Lipinski definition) is 2. The molecule has 1 unspecified atom stereocenters. The Morgan fingerprint density at radius 1 is 1.05 bits per heavy atom. The van der Waals surface area contributed by atoms with Crippen molar-refractivity contribution in [1.29, 1.82) is 0 Å². The minimum Gasteiger partial charge on any atom is -0.398 e. The summed E-state index contributed by atoms with van der Waals surface area (Å²) in [5.74, 6) is 0.269. The molecule has 2 aromatic carbocycles. The lowest BCUT2D eigenvalue weighted by Gasteiger charge is -2.13. The highest BCUT2D eigenvalue weighted by molar-refractivity contribution is 7.22. The van der Waals surface area contributed by atoms with Crippen molar-refractivity contribution in [2.75, 3.05) is 11.5 Å². The van der Waals surface area contributed by atoms with Gasteiger partial charge in [0, 0.05) is 5.92 Å². The number of aromatic nitrogens is 1. The van der Waals surface area contributed by atoms with Gasteiger partial charge in [-0.25, -0.2) is 4.98 Å². The van der Waals surface area contributed by atoms with Gasteiger partial charge in [-0.3, -0.25) is 0 Å². The first kappa shape index (κ1) is 12.0. The molecule has 3 rings (SSSR count). The van der Waals surface area contributed by atoms with E-state index in [1.54, 1.807) is 0 Å². The van der Waals surface area contributed by atoms with Crippen molar-refractivity contribution in [1.82, 2.24) is 4.98 Å². The van der Waals surface area contributed by atoms with Gasteiger partial charge in [-0.2, -0.15) is 0 Å². The van der Waals surface area contributed by atoms with Crippen LogP contribution >= 0.6 is 11.3 Å². The second-order valence-electron chi connectivity index (χ2n) is 4.61. The van der Waals surface area contributed by atoms with Crippen LogP contribution in [-0.2, 0) is 0 Å². The smallest absolute Gasteiger partial charge is 0.181 e. The highest BCUT2D eigenvalue weighted by Crippen LogP contribution is 2.36. The molecule has 1 atom stereocenters. The molecule has 96 valence electrons. The first-order valence-electron chi connectivity index (χ1n) is 6.16. The van der Waals surface area contributed by atoms with Crippen LogP contribution in [0, 0.1) is 0 Å². The molecule has 0 saturated heterocycles. The third-order valence-corrected chi connectivity index (χ3v) is 4.32. The topological polar surface area (TPSA) is 64.9 Å². The van der Waals surface area contributed by atoms with Gasteiger partial charge in [0.25, 0.3) is 0 Å². The lowest BCUT2D eigenvalue weighted by atomic mass is 9.92. The van der Waals surface area contributed by atoms with Gasteiger partial charge in [-0.1, -0.05) is 54.7 Å². The van der Waals surface area contributed by atoms with Gasteiger partial charge in [0.15, 0.2) is 5.13 Å². The molecule has 3 aromatic rings. The SMILES string of the molecule is CC(c1ccccc1)c1ccc(N)c2sc(N)nc12. The zero-order valence-corrected chi connectivity index (χ0v) is 11.4. The van der Waals surface area contributed by atoms with Crippen LogP contribution in [0.1, 0.15) is 24.0 Å². The van der Waals surface area contributed by atoms with E-state index < -0.39 is 0 Å². The van der Waals surface area contributed by atoms with Crippen LogP contribution in [0.5, 0.6) is 0 Å². The van der Waals surface area contributed by atoms with Crippen molar-refractivity contribution >= 4 is 32.4 Å². The normalized spacial score (nSPS) is 12.7. The van der Waals surface area contributed by atoms with E-state index in [4.69, 9.17) is 11.5 Å². The first-order valence-corrected chi connectivity index (χ1v) is 6.98. The predicted octanol–water partition coefficient (Wildman–Crippen LogP) is 3.61. The molecule has 0 fully saturated rings. The van der Waals surface area contributed by atoms with E-state index in [1.165, 1.54) is 22.5 Å². The van der Waals surface area contributed by atoms with Gasteiger partial charge < -0.3 is 11.5 Å². The number of nitrogens with two attached hydrogens (primary N) is 2. The summed E-state index contributed by atoms with van der Waals surface area (Å²) in [6, 6.07) is 14.4. The standard InChI is InChI=1S/C15H15N3S/c1-9(10-5-3-2-4-6-10)11-7-8-12(16)14-13(11)18-15(17)19-14/h2-9H,16H2,1H3,(H2,17,18). The van der Waals surface area contributed by atoms with E-state index in [0.29, 0.717) is 5.13 Å². The quantitative estimate of drug-likeness (QED) is 0.698. The maximum absolute atomic E-state index is 5.99. The molecule has 0 aliphatic carbocycles. The predicted molar refractivity (Wildman–Crippen MR) is 82.4 cm³/mol. The van der Waals surface area contributed by atoms with Crippen LogP contribution in [0.15, 0.2) is 42.5 Å². The molecule has 3 nitrogen and oxygen atoms in total. The van der Waals surface area contributed by atoms with E-state index in [2.05, 4.69) is 42.2 Å². The minimum atomic E-state index is 0.269. The van der Waals surface area contributed by atoms with Gasteiger partial charge in [-0.15, -0.1) is 0 Å². The molecule has 0 bridgehead atoms. The average molecular weight is 269 g/mol. The summed E-state index contributed by atoms with van der Waals surface area (Å²) in [5.41, 5.74) is 15.9. The van der Waals surface area contributed by atoms with Gasteiger partial charge in [0.1, 0.15) is 0 Å². The fourth-order valence-corrected chi connectivity index (χ4v) is 3.12. The van der Waals surface area contributed by atoms with E-state index >= 15 is 0 Å². The number of nitrogen functional groups attached to an aromatic ring is 2. The molecular weight excluding hydrogens is 254 g/mol. The second-order valence-corrected chi connectivity index (χ2v) is 5.64. The Kier molecular flexibility index (Phi) is 2.87. The average Bonchev–Trinajstić information content (AvgIpc) is 2.82. The summed E-state index contributed by atoms with van der Waals surface area (Å²) in [4.78, 5) is 4.44.